The van der Waals surface area contributed by atoms with Crippen molar-refractivity contribution in [3.05, 3.63) is 64.7 Å². The fourth-order valence-electron chi connectivity index (χ4n) is 2.72. The van der Waals surface area contributed by atoms with Crippen molar-refractivity contribution in [2.45, 2.75) is 24.8 Å². The molecule has 2 unspecified atom stereocenters. The quantitative estimate of drug-likeness (QED) is 0.300. The van der Waals surface area contributed by atoms with Crippen LogP contribution in [-0.4, -0.2) is 30.6 Å². The molecular weight excluding hydrogens is 454 g/mol. The van der Waals surface area contributed by atoms with Gasteiger partial charge in [0.05, 0.1) is 0 Å². The highest BCUT2D eigenvalue weighted by atomic mass is 127. The first kappa shape index (κ1) is 19.9. The second-order valence-electron chi connectivity index (χ2n) is 5.85. The number of rotatable bonds is 5. The lowest BCUT2D eigenvalue weighted by Gasteiger charge is -2.12. The maximum atomic E-state index is 13.8. The maximum absolute atomic E-state index is 13.8. The smallest absolute Gasteiger partial charge is 0.191 e. The van der Waals surface area contributed by atoms with Crippen LogP contribution in [0, 0.1) is 5.82 Å². The van der Waals surface area contributed by atoms with Crippen molar-refractivity contribution in [3.8, 4) is 0 Å². The number of aromatic nitrogens is 1. The Labute approximate surface area is 169 Å². The summed E-state index contributed by atoms with van der Waals surface area (Å²) >= 11 is 5.78. The number of halogens is 3. The summed E-state index contributed by atoms with van der Waals surface area (Å²) in [5.74, 6) is 0.816. The van der Waals surface area contributed by atoms with Gasteiger partial charge in [-0.1, -0.05) is 35.9 Å². The molecule has 1 heterocycles. The third-order valence-corrected chi connectivity index (χ3v) is 4.36. The summed E-state index contributed by atoms with van der Waals surface area (Å²) in [6, 6.07) is 10.9. The van der Waals surface area contributed by atoms with Crippen LogP contribution in [0.1, 0.15) is 23.5 Å². The Morgan fingerprint density at radius 2 is 2.12 bits per heavy atom. The summed E-state index contributed by atoms with van der Waals surface area (Å²) in [4.78, 5) is 8.29. The topological polar surface area (TPSA) is 49.3 Å². The lowest BCUT2D eigenvalue weighted by atomic mass is 10.1. The monoisotopic (exact) mass is 474 g/mol. The van der Waals surface area contributed by atoms with E-state index in [1.165, 1.54) is 6.07 Å². The number of guanidine groups is 1. The predicted molar refractivity (Wildman–Crippen MR) is 110 cm³/mol. The first-order valence-corrected chi connectivity index (χ1v) is 8.37. The van der Waals surface area contributed by atoms with Crippen molar-refractivity contribution in [1.29, 1.82) is 0 Å². The van der Waals surface area contributed by atoms with E-state index >= 15 is 0 Å². The maximum Gasteiger partial charge on any atom is 0.191 e. The van der Waals surface area contributed by atoms with Crippen LogP contribution in [0.5, 0.6) is 0 Å². The van der Waals surface area contributed by atoms with Crippen molar-refractivity contribution >= 4 is 41.5 Å². The van der Waals surface area contributed by atoms with Gasteiger partial charge in [-0.15, -0.1) is 24.0 Å². The lowest BCUT2D eigenvalue weighted by Crippen LogP contribution is -2.40. The zero-order valence-electron chi connectivity index (χ0n) is 13.9. The van der Waals surface area contributed by atoms with Gasteiger partial charge in [0.1, 0.15) is 11.0 Å². The molecule has 2 aromatic rings. The number of hydrogen-bond acceptors (Lipinski definition) is 2. The molecule has 7 heteroatoms. The summed E-state index contributed by atoms with van der Waals surface area (Å²) in [7, 11) is 1.74. The molecule has 0 bridgehead atoms. The first-order valence-electron chi connectivity index (χ1n) is 7.99. The molecule has 1 fully saturated rings. The van der Waals surface area contributed by atoms with E-state index in [0.717, 1.165) is 36.5 Å². The summed E-state index contributed by atoms with van der Waals surface area (Å²) < 4.78 is 13.8. The second kappa shape index (κ2) is 9.33. The van der Waals surface area contributed by atoms with Crippen molar-refractivity contribution in [3.63, 3.8) is 0 Å². The van der Waals surface area contributed by atoms with Crippen LogP contribution < -0.4 is 10.6 Å². The number of benzene rings is 1. The average Bonchev–Trinajstić information content (AvgIpc) is 3.35. The Kier molecular flexibility index (Phi) is 7.43. The molecule has 1 saturated carbocycles. The summed E-state index contributed by atoms with van der Waals surface area (Å²) in [6.07, 6.45) is 3.52. The Morgan fingerprint density at radius 1 is 1.32 bits per heavy atom. The number of nitrogens with one attached hydrogen (secondary N) is 2. The molecule has 0 saturated heterocycles. The van der Waals surface area contributed by atoms with E-state index in [4.69, 9.17) is 11.6 Å². The summed E-state index contributed by atoms with van der Waals surface area (Å²) in [6.45, 7) is 0.736. The van der Waals surface area contributed by atoms with Crippen molar-refractivity contribution in [2.75, 3.05) is 13.6 Å². The molecule has 25 heavy (non-hydrogen) atoms. The molecule has 4 nitrogen and oxygen atoms in total. The van der Waals surface area contributed by atoms with Gasteiger partial charge >= 0.3 is 0 Å². The molecule has 0 aliphatic heterocycles. The first-order chi connectivity index (χ1) is 11.7. The predicted octanol–water partition coefficient (Wildman–Crippen LogP) is 3.76. The SMILES string of the molecule is CN=C(NCCc1ccc(Cl)nc1)NC1CC1c1ccccc1F.I. The molecule has 0 spiro atoms. The molecule has 1 aliphatic rings. The van der Waals surface area contributed by atoms with Crippen LogP contribution in [0.3, 0.4) is 0 Å². The highest BCUT2D eigenvalue weighted by molar-refractivity contribution is 14.0. The van der Waals surface area contributed by atoms with Gasteiger partial charge < -0.3 is 10.6 Å². The Bertz CT molecular complexity index is 723. The molecule has 2 N–H and O–H groups in total. The fraction of sp³-hybridized carbons (Fsp3) is 0.333. The van der Waals surface area contributed by atoms with E-state index in [0.29, 0.717) is 5.15 Å². The van der Waals surface area contributed by atoms with Crippen LogP contribution in [0.2, 0.25) is 5.15 Å². The van der Waals surface area contributed by atoms with E-state index < -0.39 is 0 Å². The van der Waals surface area contributed by atoms with Gasteiger partial charge in [-0.2, -0.15) is 0 Å². The molecule has 2 atom stereocenters. The van der Waals surface area contributed by atoms with E-state index in [1.807, 2.05) is 18.2 Å². The van der Waals surface area contributed by atoms with E-state index in [1.54, 1.807) is 25.4 Å². The molecule has 0 amide bonds. The Morgan fingerprint density at radius 3 is 2.80 bits per heavy atom. The standard InChI is InChI=1S/C18H20ClFN4.HI/c1-21-18(22-9-8-12-6-7-17(19)23-11-12)24-16-10-14(16)13-4-2-3-5-15(13)20;/h2-7,11,14,16H,8-10H2,1H3,(H2,21,22,24);1H. The van der Waals surface area contributed by atoms with Crippen molar-refractivity contribution < 1.29 is 4.39 Å². The average molecular weight is 475 g/mol. The van der Waals surface area contributed by atoms with Crippen LogP contribution in [0.25, 0.3) is 0 Å². The van der Waals surface area contributed by atoms with Gasteiger partial charge in [0.15, 0.2) is 5.96 Å². The van der Waals surface area contributed by atoms with Crippen LogP contribution in [0.15, 0.2) is 47.6 Å². The molecular formula is C18H21ClFIN4. The van der Waals surface area contributed by atoms with Gasteiger partial charge in [0.2, 0.25) is 0 Å². The van der Waals surface area contributed by atoms with E-state index in [2.05, 4.69) is 20.6 Å². The fourth-order valence-corrected chi connectivity index (χ4v) is 2.84. The van der Waals surface area contributed by atoms with E-state index in [9.17, 15) is 4.39 Å². The number of pyridine rings is 1. The lowest BCUT2D eigenvalue weighted by molar-refractivity contribution is 0.607. The molecule has 134 valence electrons. The summed E-state index contributed by atoms with van der Waals surface area (Å²) in [5, 5.41) is 7.12. The molecule has 1 aromatic carbocycles. The molecule has 1 aromatic heterocycles. The highest BCUT2D eigenvalue weighted by Gasteiger charge is 2.40. The minimum absolute atomic E-state index is 0. The number of nitrogens with zero attached hydrogens (tertiary/aromatic N) is 2. The van der Waals surface area contributed by atoms with E-state index in [-0.39, 0.29) is 41.8 Å². The zero-order chi connectivity index (χ0) is 16.9. The van der Waals surface area contributed by atoms with Crippen LogP contribution in [-0.2, 0) is 6.42 Å². The van der Waals surface area contributed by atoms with Gasteiger partial charge in [-0.3, -0.25) is 4.99 Å². The minimum Gasteiger partial charge on any atom is -0.356 e. The summed E-state index contributed by atoms with van der Waals surface area (Å²) in [5.41, 5.74) is 1.88. The Balaban J connectivity index is 0.00000225. The van der Waals surface area contributed by atoms with Crippen molar-refractivity contribution in [2.24, 2.45) is 4.99 Å². The normalized spacial score (nSPS) is 19.1. The molecule has 1 aliphatic carbocycles. The third-order valence-electron chi connectivity index (χ3n) is 4.14. The largest absolute Gasteiger partial charge is 0.356 e. The number of aliphatic imine (C=N–C) groups is 1. The third kappa shape index (κ3) is 5.54. The number of hydrogen-bond donors (Lipinski definition) is 2. The zero-order valence-corrected chi connectivity index (χ0v) is 17.0. The Hall–Kier alpha value is -1.41. The van der Waals surface area contributed by atoms with Gasteiger partial charge in [0.25, 0.3) is 0 Å². The van der Waals surface area contributed by atoms with Gasteiger partial charge in [-0.25, -0.2) is 9.37 Å². The molecule has 0 radical (unpaired) electrons. The highest BCUT2D eigenvalue weighted by Crippen LogP contribution is 2.41. The molecule has 3 rings (SSSR count). The van der Waals surface area contributed by atoms with Crippen molar-refractivity contribution in [1.82, 2.24) is 15.6 Å². The van der Waals surface area contributed by atoms with Crippen LogP contribution >= 0.6 is 35.6 Å². The second-order valence-corrected chi connectivity index (χ2v) is 6.24. The van der Waals surface area contributed by atoms with Gasteiger partial charge in [0, 0.05) is 31.7 Å². The van der Waals surface area contributed by atoms with Crippen LogP contribution in [0.4, 0.5) is 4.39 Å². The van der Waals surface area contributed by atoms with Gasteiger partial charge in [-0.05, 0) is 36.1 Å². The minimum atomic E-state index is -0.134.